The first kappa shape index (κ1) is 15.4. The van der Waals surface area contributed by atoms with Crippen LogP contribution in [0.2, 0.25) is 0 Å². The van der Waals surface area contributed by atoms with Crippen LogP contribution >= 0.6 is 11.8 Å². The number of carbonyl (C=O) groups excluding carboxylic acids is 1. The van der Waals surface area contributed by atoms with E-state index < -0.39 is 5.76 Å². The second-order valence-corrected chi connectivity index (χ2v) is 5.31. The largest absolute Gasteiger partial charge is 0.397 e. The smallest absolute Gasteiger partial charge is 0.288 e. The van der Waals surface area contributed by atoms with Gasteiger partial charge in [-0.2, -0.15) is 8.78 Å². The van der Waals surface area contributed by atoms with Gasteiger partial charge in [0.05, 0.1) is 11.4 Å². The molecule has 1 aromatic carbocycles. The van der Waals surface area contributed by atoms with Gasteiger partial charge in [0.2, 0.25) is 0 Å². The molecule has 0 saturated carbocycles. The van der Waals surface area contributed by atoms with E-state index >= 15 is 0 Å². The zero-order chi connectivity index (χ0) is 15.4. The maximum Gasteiger partial charge on any atom is 0.288 e. The molecule has 0 atom stereocenters. The van der Waals surface area contributed by atoms with Crippen molar-refractivity contribution in [3.05, 3.63) is 42.2 Å². The monoisotopic (exact) mass is 311 g/mol. The molecule has 3 N–H and O–H groups in total. The van der Waals surface area contributed by atoms with Crippen LogP contribution in [0.1, 0.15) is 17.4 Å². The number of halogens is 2. The van der Waals surface area contributed by atoms with Crippen molar-refractivity contribution in [2.75, 3.05) is 11.1 Å². The first-order chi connectivity index (χ1) is 10.0. The number of hydrogen-bond acceptors (Lipinski definition) is 3. The normalized spacial score (nSPS) is 10.9. The Balaban J connectivity index is 2.23. The van der Waals surface area contributed by atoms with Crippen LogP contribution in [0.15, 0.2) is 41.4 Å². The summed E-state index contributed by atoms with van der Waals surface area (Å²) in [6, 6.07) is 8.01. The molecule has 0 aliphatic rings. The number of aryl methyl sites for hydroxylation is 1. The van der Waals surface area contributed by atoms with E-state index in [1.165, 1.54) is 0 Å². The maximum atomic E-state index is 12.5. The SMILES string of the molecule is CCn1cc(N)cc1C(=O)Nc1ccccc1SC(F)F. The van der Waals surface area contributed by atoms with Crippen LogP contribution < -0.4 is 11.1 Å². The molecule has 1 aromatic heterocycles. The van der Waals surface area contributed by atoms with Crippen molar-refractivity contribution in [2.45, 2.75) is 24.1 Å². The summed E-state index contributed by atoms with van der Waals surface area (Å²) in [5.41, 5.74) is 6.91. The topological polar surface area (TPSA) is 60.0 Å². The number of carbonyl (C=O) groups is 1. The molecule has 1 amide bonds. The van der Waals surface area contributed by atoms with Gasteiger partial charge in [-0.05, 0) is 25.1 Å². The summed E-state index contributed by atoms with van der Waals surface area (Å²) in [4.78, 5) is 12.6. The summed E-state index contributed by atoms with van der Waals surface area (Å²) in [7, 11) is 0. The molecule has 7 heteroatoms. The zero-order valence-electron chi connectivity index (χ0n) is 11.3. The predicted molar refractivity (Wildman–Crippen MR) is 80.8 cm³/mol. The van der Waals surface area contributed by atoms with Crippen LogP contribution in [-0.4, -0.2) is 16.2 Å². The molecule has 0 radical (unpaired) electrons. The minimum absolute atomic E-state index is 0.323. The van der Waals surface area contributed by atoms with Crippen LogP contribution in [0.3, 0.4) is 0 Å². The highest BCUT2D eigenvalue weighted by Gasteiger charge is 2.15. The Morgan fingerprint density at radius 2 is 2.14 bits per heavy atom. The lowest BCUT2D eigenvalue weighted by atomic mass is 10.3. The highest BCUT2D eigenvalue weighted by atomic mass is 32.2. The number of rotatable bonds is 5. The van der Waals surface area contributed by atoms with Gasteiger partial charge in [0.15, 0.2) is 0 Å². The van der Waals surface area contributed by atoms with Gasteiger partial charge in [-0.3, -0.25) is 4.79 Å². The van der Waals surface area contributed by atoms with E-state index in [2.05, 4.69) is 5.32 Å². The minimum Gasteiger partial charge on any atom is -0.397 e. The van der Waals surface area contributed by atoms with E-state index in [9.17, 15) is 13.6 Å². The number of amides is 1. The second-order valence-electron chi connectivity index (χ2n) is 4.27. The molecule has 0 bridgehead atoms. The molecule has 112 valence electrons. The fourth-order valence-corrected chi connectivity index (χ4v) is 2.54. The third kappa shape index (κ3) is 3.75. The van der Waals surface area contributed by atoms with Gasteiger partial charge in [0, 0.05) is 17.6 Å². The van der Waals surface area contributed by atoms with E-state index in [1.807, 2.05) is 6.92 Å². The van der Waals surface area contributed by atoms with Crippen molar-refractivity contribution < 1.29 is 13.6 Å². The van der Waals surface area contributed by atoms with Crippen LogP contribution in [0.4, 0.5) is 20.2 Å². The lowest BCUT2D eigenvalue weighted by Gasteiger charge is -2.11. The molecule has 0 saturated heterocycles. The summed E-state index contributed by atoms with van der Waals surface area (Å²) in [6.07, 6.45) is 1.66. The summed E-state index contributed by atoms with van der Waals surface area (Å²) < 4.78 is 26.7. The molecular formula is C14H15F2N3OS. The first-order valence-corrected chi connectivity index (χ1v) is 7.20. The third-order valence-electron chi connectivity index (χ3n) is 2.84. The molecule has 0 aliphatic carbocycles. The molecule has 0 fully saturated rings. The summed E-state index contributed by atoms with van der Waals surface area (Å²) in [6.45, 7) is 2.48. The van der Waals surface area contributed by atoms with E-state index in [0.717, 1.165) is 0 Å². The summed E-state index contributed by atoms with van der Waals surface area (Å²) in [5, 5.41) is 2.65. The molecular weight excluding hydrogens is 296 g/mol. The summed E-state index contributed by atoms with van der Waals surface area (Å²) in [5.74, 6) is -2.92. The number of nitrogens with one attached hydrogen (secondary N) is 1. The molecule has 0 unspecified atom stereocenters. The number of nitrogens with zero attached hydrogens (tertiary/aromatic N) is 1. The van der Waals surface area contributed by atoms with Gasteiger partial charge in [-0.1, -0.05) is 23.9 Å². The second kappa shape index (κ2) is 6.62. The number of alkyl halides is 2. The third-order valence-corrected chi connectivity index (χ3v) is 3.63. The van der Waals surface area contributed by atoms with Crippen molar-refractivity contribution in [2.24, 2.45) is 0 Å². The van der Waals surface area contributed by atoms with Crippen LogP contribution in [0, 0.1) is 0 Å². The number of anilines is 2. The fraction of sp³-hybridized carbons (Fsp3) is 0.214. The van der Waals surface area contributed by atoms with Crippen molar-refractivity contribution >= 4 is 29.0 Å². The fourth-order valence-electron chi connectivity index (χ4n) is 1.94. The molecule has 4 nitrogen and oxygen atoms in total. The van der Waals surface area contributed by atoms with Crippen molar-refractivity contribution in [1.29, 1.82) is 0 Å². The average Bonchev–Trinajstić information content (AvgIpc) is 2.81. The van der Waals surface area contributed by atoms with Crippen LogP contribution in [-0.2, 0) is 6.54 Å². The minimum atomic E-state index is -2.54. The summed E-state index contributed by atoms with van der Waals surface area (Å²) >= 11 is 0.398. The van der Waals surface area contributed by atoms with Crippen molar-refractivity contribution in [3.8, 4) is 0 Å². The Bertz CT molecular complexity index is 643. The Hall–Kier alpha value is -2.02. The van der Waals surface area contributed by atoms with Crippen LogP contribution in [0.5, 0.6) is 0 Å². The number of thioether (sulfide) groups is 1. The van der Waals surface area contributed by atoms with Crippen LogP contribution in [0.25, 0.3) is 0 Å². The molecule has 1 heterocycles. The predicted octanol–water partition coefficient (Wildman–Crippen LogP) is 3.66. The Kier molecular flexibility index (Phi) is 4.85. The van der Waals surface area contributed by atoms with E-state index in [4.69, 9.17) is 5.73 Å². The van der Waals surface area contributed by atoms with Gasteiger partial charge < -0.3 is 15.6 Å². The molecule has 0 spiro atoms. The zero-order valence-corrected chi connectivity index (χ0v) is 12.2. The van der Waals surface area contributed by atoms with Gasteiger partial charge in [0.25, 0.3) is 11.7 Å². The van der Waals surface area contributed by atoms with Crippen molar-refractivity contribution in [3.63, 3.8) is 0 Å². The van der Waals surface area contributed by atoms with Gasteiger partial charge in [-0.15, -0.1) is 0 Å². The van der Waals surface area contributed by atoms with Gasteiger partial charge >= 0.3 is 0 Å². The molecule has 0 aliphatic heterocycles. The Morgan fingerprint density at radius 1 is 1.43 bits per heavy atom. The Morgan fingerprint density at radius 3 is 2.81 bits per heavy atom. The standard InChI is InChI=1S/C14H15F2N3OS/c1-2-19-8-9(17)7-11(19)13(20)18-10-5-3-4-6-12(10)21-14(15)16/h3-8,14H,2,17H2,1H3,(H,18,20). The van der Waals surface area contributed by atoms with E-state index in [0.29, 0.717) is 40.3 Å². The molecule has 2 aromatic rings. The van der Waals surface area contributed by atoms with Gasteiger partial charge in [-0.25, -0.2) is 0 Å². The molecule has 21 heavy (non-hydrogen) atoms. The van der Waals surface area contributed by atoms with E-state index in [1.54, 1.807) is 41.1 Å². The number of benzene rings is 1. The van der Waals surface area contributed by atoms with E-state index in [-0.39, 0.29) is 5.91 Å². The maximum absolute atomic E-state index is 12.5. The molecule has 2 rings (SSSR count). The number of nitrogen functional groups attached to an aromatic ring is 1. The van der Waals surface area contributed by atoms with Crippen molar-refractivity contribution in [1.82, 2.24) is 4.57 Å². The number of hydrogen-bond donors (Lipinski definition) is 2. The number of aromatic nitrogens is 1. The van der Waals surface area contributed by atoms with Gasteiger partial charge in [0.1, 0.15) is 5.69 Å². The average molecular weight is 311 g/mol. The lowest BCUT2D eigenvalue weighted by molar-refractivity contribution is 0.101. The highest BCUT2D eigenvalue weighted by Crippen LogP contribution is 2.31. The first-order valence-electron chi connectivity index (χ1n) is 6.32. The lowest BCUT2D eigenvalue weighted by Crippen LogP contribution is -2.16. The number of para-hydroxylation sites is 1. The number of nitrogens with two attached hydrogens (primary N) is 1. The quantitative estimate of drug-likeness (QED) is 0.829. The highest BCUT2D eigenvalue weighted by molar-refractivity contribution is 7.99. The Labute approximate surface area is 125 Å².